The lowest BCUT2D eigenvalue weighted by molar-refractivity contribution is -0.122. The SMILES string of the molecule is COCCNC(=O)CN(C)Cc1cc(N)ccn1. The Kier molecular flexibility index (Phi) is 6.10. The Bertz CT molecular complexity index is 384. The topological polar surface area (TPSA) is 80.5 Å². The number of likely N-dealkylation sites (N-methyl/N-ethyl adjacent to an activating group) is 1. The Morgan fingerprint density at radius 1 is 1.61 bits per heavy atom. The third-order valence-corrected chi connectivity index (χ3v) is 2.31. The van der Waals surface area contributed by atoms with Gasteiger partial charge in [-0.15, -0.1) is 0 Å². The Labute approximate surface area is 107 Å². The van der Waals surface area contributed by atoms with Crippen molar-refractivity contribution in [1.82, 2.24) is 15.2 Å². The molecule has 3 N–H and O–H groups in total. The summed E-state index contributed by atoms with van der Waals surface area (Å²) < 4.78 is 4.85. The standard InChI is InChI=1S/C12H20N4O2/c1-16(9-12(17)15-5-6-18-2)8-11-7-10(13)3-4-14-11/h3-4,7H,5-6,8-9H2,1-2H3,(H2,13,14)(H,15,17). The Balaban J connectivity index is 2.32. The summed E-state index contributed by atoms with van der Waals surface area (Å²) in [6.45, 7) is 1.95. The summed E-state index contributed by atoms with van der Waals surface area (Å²) in [7, 11) is 3.46. The highest BCUT2D eigenvalue weighted by molar-refractivity contribution is 5.77. The van der Waals surface area contributed by atoms with E-state index in [1.54, 1.807) is 25.4 Å². The number of carbonyl (C=O) groups is 1. The molecule has 0 aliphatic carbocycles. The molecular weight excluding hydrogens is 232 g/mol. The number of methoxy groups -OCH3 is 1. The van der Waals surface area contributed by atoms with Crippen molar-refractivity contribution in [3.63, 3.8) is 0 Å². The van der Waals surface area contributed by atoms with Crippen molar-refractivity contribution in [2.24, 2.45) is 0 Å². The van der Waals surface area contributed by atoms with Crippen molar-refractivity contribution in [2.75, 3.05) is 39.6 Å². The second-order valence-corrected chi connectivity index (χ2v) is 4.10. The normalized spacial score (nSPS) is 10.6. The van der Waals surface area contributed by atoms with Gasteiger partial charge in [0.1, 0.15) is 0 Å². The molecule has 1 aromatic rings. The molecule has 0 aliphatic heterocycles. The summed E-state index contributed by atoms with van der Waals surface area (Å²) in [5, 5.41) is 2.76. The molecule has 6 heteroatoms. The minimum absolute atomic E-state index is 0.0292. The molecule has 0 saturated carbocycles. The molecule has 0 spiro atoms. The first-order valence-electron chi connectivity index (χ1n) is 5.76. The quantitative estimate of drug-likeness (QED) is 0.660. The number of nitrogens with zero attached hydrogens (tertiary/aromatic N) is 2. The molecule has 0 radical (unpaired) electrons. The number of rotatable bonds is 7. The number of amides is 1. The monoisotopic (exact) mass is 252 g/mol. The number of nitrogens with two attached hydrogens (primary N) is 1. The van der Waals surface area contributed by atoms with Crippen molar-refractivity contribution in [1.29, 1.82) is 0 Å². The second-order valence-electron chi connectivity index (χ2n) is 4.10. The highest BCUT2D eigenvalue weighted by atomic mass is 16.5. The summed E-state index contributed by atoms with van der Waals surface area (Å²) >= 11 is 0. The van der Waals surface area contributed by atoms with Crippen LogP contribution in [-0.4, -0.2) is 49.6 Å². The van der Waals surface area contributed by atoms with E-state index in [1.807, 2.05) is 11.9 Å². The molecular formula is C12H20N4O2. The zero-order valence-electron chi connectivity index (χ0n) is 10.8. The number of anilines is 1. The first-order valence-corrected chi connectivity index (χ1v) is 5.76. The van der Waals surface area contributed by atoms with Crippen LogP contribution in [-0.2, 0) is 16.1 Å². The van der Waals surface area contributed by atoms with E-state index in [1.165, 1.54) is 0 Å². The van der Waals surface area contributed by atoms with E-state index in [9.17, 15) is 4.79 Å². The first-order chi connectivity index (χ1) is 8.61. The van der Waals surface area contributed by atoms with E-state index in [0.717, 1.165) is 5.69 Å². The van der Waals surface area contributed by atoms with Crippen LogP contribution in [0, 0.1) is 0 Å². The highest BCUT2D eigenvalue weighted by Crippen LogP contribution is 2.04. The fourth-order valence-electron chi connectivity index (χ4n) is 1.51. The van der Waals surface area contributed by atoms with Gasteiger partial charge in [-0.3, -0.25) is 14.7 Å². The zero-order chi connectivity index (χ0) is 13.4. The highest BCUT2D eigenvalue weighted by Gasteiger charge is 2.07. The van der Waals surface area contributed by atoms with Crippen LogP contribution in [0.1, 0.15) is 5.69 Å². The van der Waals surface area contributed by atoms with Gasteiger partial charge in [-0.1, -0.05) is 0 Å². The van der Waals surface area contributed by atoms with E-state index in [2.05, 4.69) is 10.3 Å². The fraction of sp³-hybridized carbons (Fsp3) is 0.500. The summed E-state index contributed by atoms with van der Waals surface area (Å²) in [5.41, 5.74) is 7.19. The number of nitrogen functional groups attached to an aromatic ring is 1. The number of ether oxygens (including phenoxy) is 1. The van der Waals surface area contributed by atoms with Gasteiger partial charge in [0.25, 0.3) is 0 Å². The molecule has 0 aromatic carbocycles. The summed E-state index contributed by atoms with van der Waals surface area (Å²) in [6, 6.07) is 3.54. The van der Waals surface area contributed by atoms with Gasteiger partial charge in [0.05, 0.1) is 18.8 Å². The number of aromatic nitrogens is 1. The van der Waals surface area contributed by atoms with Gasteiger partial charge < -0.3 is 15.8 Å². The molecule has 1 rings (SSSR count). The van der Waals surface area contributed by atoms with Gasteiger partial charge in [-0.25, -0.2) is 0 Å². The number of hydrogen-bond acceptors (Lipinski definition) is 5. The van der Waals surface area contributed by atoms with Crippen molar-refractivity contribution in [3.8, 4) is 0 Å². The predicted octanol–water partition coefficient (Wildman–Crippen LogP) is -0.142. The summed E-state index contributed by atoms with van der Waals surface area (Å²) in [5.74, 6) is -0.0292. The smallest absolute Gasteiger partial charge is 0.234 e. The molecule has 0 bridgehead atoms. The van der Waals surface area contributed by atoms with Crippen molar-refractivity contribution >= 4 is 11.6 Å². The second kappa shape index (κ2) is 7.62. The number of pyridine rings is 1. The molecule has 18 heavy (non-hydrogen) atoms. The van der Waals surface area contributed by atoms with E-state index in [0.29, 0.717) is 31.9 Å². The molecule has 1 amide bonds. The van der Waals surface area contributed by atoms with Crippen molar-refractivity contribution in [2.45, 2.75) is 6.54 Å². The van der Waals surface area contributed by atoms with Crippen LogP contribution in [0.25, 0.3) is 0 Å². The minimum Gasteiger partial charge on any atom is -0.399 e. The van der Waals surface area contributed by atoms with Crippen LogP contribution >= 0.6 is 0 Å². The van der Waals surface area contributed by atoms with Crippen LogP contribution in [0.4, 0.5) is 5.69 Å². The third kappa shape index (κ3) is 5.60. The average molecular weight is 252 g/mol. The largest absolute Gasteiger partial charge is 0.399 e. The maximum atomic E-state index is 11.5. The van der Waals surface area contributed by atoms with Crippen molar-refractivity contribution in [3.05, 3.63) is 24.0 Å². The Morgan fingerprint density at radius 2 is 2.39 bits per heavy atom. The van der Waals surface area contributed by atoms with Gasteiger partial charge in [0.2, 0.25) is 5.91 Å². The predicted molar refractivity (Wildman–Crippen MR) is 69.9 cm³/mol. The van der Waals surface area contributed by atoms with Crippen LogP contribution in [0.15, 0.2) is 18.3 Å². The molecule has 0 aliphatic rings. The lowest BCUT2D eigenvalue weighted by Crippen LogP contribution is -2.36. The van der Waals surface area contributed by atoms with Gasteiger partial charge >= 0.3 is 0 Å². The minimum atomic E-state index is -0.0292. The molecule has 0 unspecified atom stereocenters. The number of nitrogens with one attached hydrogen (secondary N) is 1. The van der Waals surface area contributed by atoms with Crippen LogP contribution < -0.4 is 11.1 Å². The van der Waals surface area contributed by atoms with Gasteiger partial charge in [-0.05, 0) is 19.2 Å². The van der Waals surface area contributed by atoms with E-state index in [-0.39, 0.29) is 5.91 Å². The van der Waals surface area contributed by atoms with Crippen LogP contribution in [0.2, 0.25) is 0 Å². The fourth-order valence-corrected chi connectivity index (χ4v) is 1.51. The molecule has 0 atom stereocenters. The van der Waals surface area contributed by atoms with Crippen LogP contribution in [0.5, 0.6) is 0 Å². The van der Waals surface area contributed by atoms with E-state index >= 15 is 0 Å². The lowest BCUT2D eigenvalue weighted by Gasteiger charge is -2.15. The van der Waals surface area contributed by atoms with Gasteiger partial charge in [0, 0.05) is 32.1 Å². The molecule has 0 fully saturated rings. The number of carbonyl (C=O) groups excluding carboxylic acids is 1. The van der Waals surface area contributed by atoms with Gasteiger partial charge in [-0.2, -0.15) is 0 Å². The Morgan fingerprint density at radius 3 is 3.06 bits per heavy atom. The molecule has 0 saturated heterocycles. The first kappa shape index (κ1) is 14.4. The molecule has 1 heterocycles. The Hall–Kier alpha value is -1.66. The summed E-state index contributed by atoms with van der Waals surface area (Å²) in [6.07, 6.45) is 1.66. The van der Waals surface area contributed by atoms with E-state index in [4.69, 9.17) is 10.5 Å². The third-order valence-electron chi connectivity index (χ3n) is 2.31. The van der Waals surface area contributed by atoms with E-state index < -0.39 is 0 Å². The molecule has 6 nitrogen and oxygen atoms in total. The lowest BCUT2D eigenvalue weighted by atomic mass is 10.3. The number of hydrogen-bond donors (Lipinski definition) is 2. The van der Waals surface area contributed by atoms with Gasteiger partial charge in [0.15, 0.2) is 0 Å². The van der Waals surface area contributed by atoms with Crippen molar-refractivity contribution < 1.29 is 9.53 Å². The average Bonchev–Trinajstić information content (AvgIpc) is 2.29. The maximum Gasteiger partial charge on any atom is 0.234 e. The van der Waals surface area contributed by atoms with Crippen LogP contribution in [0.3, 0.4) is 0 Å². The summed E-state index contributed by atoms with van der Waals surface area (Å²) in [4.78, 5) is 17.6. The zero-order valence-corrected chi connectivity index (χ0v) is 10.8. The maximum absolute atomic E-state index is 11.5. The molecule has 100 valence electrons. The molecule has 1 aromatic heterocycles.